The third kappa shape index (κ3) is 2.72. The quantitative estimate of drug-likeness (QED) is 0.707. The Bertz CT molecular complexity index is 948. The summed E-state index contributed by atoms with van der Waals surface area (Å²) < 4.78 is 12.7. The van der Waals surface area contributed by atoms with Crippen molar-refractivity contribution in [1.82, 2.24) is 24.7 Å². The molecule has 8 nitrogen and oxygen atoms in total. The molecule has 0 N–H and O–H groups in total. The number of rotatable bonds is 3. The van der Waals surface area contributed by atoms with Crippen LogP contribution in [0, 0.1) is 6.92 Å². The summed E-state index contributed by atoms with van der Waals surface area (Å²) in [5, 5.41) is 12.8. The van der Waals surface area contributed by atoms with Crippen molar-refractivity contribution in [2.45, 2.75) is 13.5 Å². The molecule has 26 heavy (non-hydrogen) atoms. The first kappa shape index (κ1) is 15.4. The number of hydrogen-bond acceptors (Lipinski definition) is 7. The highest BCUT2D eigenvalue weighted by Crippen LogP contribution is 2.32. The number of fused-ring (bicyclic) bond motifs is 2. The molecule has 1 saturated heterocycles. The van der Waals surface area contributed by atoms with Crippen molar-refractivity contribution in [2.24, 2.45) is 0 Å². The molecule has 8 heteroatoms. The zero-order chi connectivity index (χ0) is 17.5. The average molecular weight is 352 g/mol. The van der Waals surface area contributed by atoms with Gasteiger partial charge in [0.25, 0.3) is 0 Å². The first-order valence-electron chi connectivity index (χ1n) is 8.81. The molecule has 0 amide bonds. The van der Waals surface area contributed by atoms with E-state index in [1.54, 1.807) is 4.52 Å². The number of nitrogens with zero attached hydrogens (tertiary/aromatic N) is 6. The fourth-order valence-corrected chi connectivity index (χ4v) is 3.49. The van der Waals surface area contributed by atoms with Crippen LogP contribution in [0.5, 0.6) is 11.5 Å². The van der Waals surface area contributed by atoms with Crippen LogP contribution < -0.4 is 14.4 Å². The molecule has 2 aliphatic rings. The highest BCUT2D eigenvalue weighted by Gasteiger charge is 2.20. The Kier molecular flexibility index (Phi) is 3.63. The van der Waals surface area contributed by atoms with Gasteiger partial charge in [0.2, 0.25) is 6.79 Å². The van der Waals surface area contributed by atoms with Crippen LogP contribution in [0.25, 0.3) is 5.65 Å². The van der Waals surface area contributed by atoms with Gasteiger partial charge in [0, 0.05) is 32.7 Å². The Balaban J connectivity index is 1.24. The van der Waals surface area contributed by atoms with E-state index in [2.05, 4.69) is 37.2 Å². The highest BCUT2D eigenvalue weighted by molar-refractivity contribution is 5.46. The molecule has 134 valence electrons. The molecule has 1 fully saturated rings. The van der Waals surface area contributed by atoms with Crippen LogP contribution in [0.2, 0.25) is 0 Å². The summed E-state index contributed by atoms with van der Waals surface area (Å²) in [6.45, 7) is 7.04. The molecule has 2 aromatic heterocycles. The maximum atomic E-state index is 5.47. The van der Waals surface area contributed by atoms with Crippen molar-refractivity contribution in [2.75, 3.05) is 37.9 Å². The third-order valence-electron chi connectivity index (χ3n) is 4.94. The highest BCUT2D eigenvalue weighted by atomic mass is 16.7. The molecule has 3 aromatic rings. The number of benzene rings is 1. The predicted octanol–water partition coefficient (Wildman–Crippen LogP) is 1.48. The van der Waals surface area contributed by atoms with Gasteiger partial charge < -0.3 is 14.4 Å². The van der Waals surface area contributed by atoms with Gasteiger partial charge in [-0.25, -0.2) is 0 Å². The van der Waals surface area contributed by atoms with Crippen LogP contribution in [0.3, 0.4) is 0 Å². The van der Waals surface area contributed by atoms with Gasteiger partial charge in [0.15, 0.2) is 23.0 Å². The van der Waals surface area contributed by atoms with E-state index >= 15 is 0 Å². The minimum absolute atomic E-state index is 0.320. The Morgan fingerprint density at radius 3 is 2.69 bits per heavy atom. The standard InChI is InChI=1S/C18H20N6O2/c1-13-19-20-17-4-5-18(21-24(13)17)23-8-6-22(7-9-23)11-14-2-3-15-16(10-14)26-12-25-15/h2-5,10H,6-9,11-12H2,1H3. The number of aromatic nitrogens is 4. The molecule has 2 aliphatic heterocycles. The largest absolute Gasteiger partial charge is 0.454 e. The number of anilines is 1. The summed E-state index contributed by atoms with van der Waals surface area (Å²) >= 11 is 0. The van der Waals surface area contributed by atoms with Crippen LogP contribution in [0.1, 0.15) is 11.4 Å². The number of aryl methyl sites for hydroxylation is 1. The van der Waals surface area contributed by atoms with Gasteiger partial charge in [-0.3, -0.25) is 4.90 Å². The van der Waals surface area contributed by atoms with E-state index < -0.39 is 0 Å². The second kappa shape index (κ2) is 6.14. The SMILES string of the molecule is Cc1nnc2ccc(N3CCN(Cc4ccc5c(c4)OCO5)CC3)nn12. The van der Waals surface area contributed by atoms with E-state index in [1.807, 2.05) is 25.1 Å². The van der Waals surface area contributed by atoms with Crippen molar-refractivity contribution < 1.29 is 9.47 Å². The van der Waals surface area contributed by atoms with Crippen LogP contribution in [-0.4, -0.2) is 57.7 Å². The second-order valence-corrected chi connectivity index (χ2v) is 6.66. The van der Waals surface area contributed by atoms with E-state index in [9.17, 15) is 0 Å². The number of ether oxygens (including phenoxy) is 2. The normalized spacial score (nSPS) is 17.2. The lowest BCUT2D eigenvalue weighted by atomic mass is 10.1. The Hall–Kier alpha value is -2.87. The van der Waals surface area contributed by atoms with Gasteiger partial charge in [-0.15, -0.1) is 15.3 Å². The summed E-state index contributed by atoms with van der Waals surface area (Å²) in [6.07, 6.45) is 0. The zero-order valence-electron chi connectivity index (χ0n) is 14.6. The summed E-state index contributed by atoms with van der Waals surface area (Å²) in [7, 11) is 0. The molecule has 0 aliphatic carbocycles. The maximum absolute atomic E-state index is 5.47. The minimum Gasteiger partial charge on any atom is -0.454 e. The molecule has 0 saturated carbocycles. The van der Waals surface area contributed by atoms with E-state index in [-0.39, 0.29) is 0 Å². The van der Waals surface area contributed by atoms with Crippen molar-refractivity contribution in [3.05, 3.63) is 41.7 Å². The van der Waals surface area contributed by atoms with Crippen molar-refractivity contribution in [1.29, 1.82) is 0 Å². The molecule has 0 bridgehead atoms. The maximum Gasteiger partial charge on any atom is 0.231 e. The molecule has 0 spiro atoms. The fraction of sp³-hybridized carbons (Fsp3) is 0.389. The lowest BCUT2D eigenvalue weighted by Crippen LogP contribution is -2.46. The van der Waals surface area contributed by atoms with Crippen LogP contribution in [-0.2, 0) is 6.54 Å². The molecule has 4 heterocycles. The van der Waals surface area contributed by atoms with E-state index in [0.29, 0.717) is 6.79 Å². The van der Waals surface area contributed by atoms with Crippen molar-refractivity contribution >= 4 is 11.5 Å². The predicted molar refractivity (Wildman–Crippen MR) is 95.6 cm³/mol. The van der Waals surface area contributed by atoms with E-state index in [0.717, 1.165) is 61.5 Å². The average Bonchev–Trinajstić information content (AvgIpc) is 3.28. The van der Waals surface area contributed by atoms with Gasteiger partial charge in [-0.1, -0.05) is 6.07 Å². The van der Waals surface area contributed by atoms with E-state index in [1.165, 1.54) is 5.56 Å². The smallest absolute Gasteiger partial charge is 0.231 e. The van der Waals surface area contributed by atoms with Crippen LogP contribution in [0.15, 0.2) is 30.3 Å². The van der Waals surface area contributed by atoms with Gasteiger partial charge in [-0.2, -0.15) is 4.52 Å². The molecule has 0 unspecified atom stereocenters. The third-order valence-corrected chi connectivity index (χ3v) is 4.94. The minimum atomic E-state index is 0.320. The van der Waals surface area contributed by atoms with Gasteiger partial charge in [0.05, 0.1) is 0 Å². The number of piperazine rings is 1. The molecular formula is C18H20N6O2. The Labute approximate surface area is 150 Å². The first-order chi connectivity index (χ1) is 12.8. The molecular weight excluding hydrogens is 332 g/mol. The van der Waals surface area contributed by atoms with Crippen molar-refractivity contribution in [3.63, 3.8) is 0 Å². The monoisotopic (exact) mass is 352 g/mol. The summed E-state index contributed by atoms with van der Waals surface area (Å²) in [5.41, 5.74) is 2.04. The summed E-state index contributed by atoms with van der Waals surface area (Å²) in [4.78, 5) is 4.77. The van der Waals surface area contributed by atoms with Crippen LogP contribution in [0.4, 0.5) is 5.82 Å². The first-order valence-corrected chi connectivity index (χ1v) is 8.81. The fourth-order valence-electron chi connectivity index (χ4n) is 3.49. The molecule has 0 radical (unpaired) electrons. The van der Waals surface area contributed by atoms with Crippen molar-refractivity contribution in [3.8, 4) is 11.5 Å². The number of hydrogen-bond donors (Lipinski definition) is 0. The zero-order valence-corrected chi connectivity index (χ0v) is 14.6. The van der Waals surface area contributed by atoms with E-state index in [4.69, 9.17) is 9.47 Å². The van der Waals surface area contributed by atoms with Gasteiger partial charge >= 0.3 is 0 Å². The van der Waals surface area contributed by atoms with Gasteiger partial charge in [-0.05, 0) is 36.8 Å². The summed E-state index contributed by atoms with van der Waals surface area (Å²) in [5.74, 6) is 3.47. The second-order valence-electron chi connectivity index (χ2n) is 6.66. The lowest BCUT2D eigenvalue weighted by Gasteiger charge is -2.35. The van der Waals surface area contributed by atoms with Gasteiger partial charge in [0.1, 0.15) is 5.82 Å². The Morgan fingerprint density at radius 1 is 0.962 bits per heavy atom. The summed E-state index contributed by atoms with van der Waals surface area (Å²) in [6, 6.07) is 10.2. The molecule has 0 atom stereocenters. The Morgan fingerprint density at radius 2 is 1.81 bits per heavy atom. The molecule has 1 aromatic carbocycles. The topological polar surface area (TPSA) is 68.0 Å². The lowest BCUT2D eigenvalue weighted by molar-refractivity contribution is 0.174. The molecule has 5 rings (SSSR count). The van der Waals surface area contributed by atoms with Crippen LogP contribution >= 0.6 is 0 Å².